The molecule has 3 aromatic rings. The van der Waals surface area contributed by atoms with Gasteiger partial charge in [-0.2, -0.15) is 0 Å². The molecule has 23 heteroatoms. The number of likely N-dealkylation sites (tertiary alicyclic amines) is 1. The summed E-state index contributed by atoms with van der Waals surface area (Å²) >= 11 is 0.946. The van der Waals surface area contributed by atoms with Gasteiger partial charge in [0.25, 0.3) is 10.0 Å². The number of nitrogens with one attached hydrogen (secondary N) is 1. The van der Waals surface area contributed by atoms with Gasteiger partial charge < -0.3 is 35.7 Å². The smallest absolute Gasteiger partial charge is 0.546 e. The van der Waals surface area contributed by atoms with Crippen LogP contribution in [0.25, 0.3) is 11.5 Å². The van der Waals surface area contributed by atoms with E-state index in [1.54, 1.807) is 0 Å². The summed E-state index contributed by atoms with van der Waals surface area (Å²) in [5.41, 5.74) is 0.806. The number of amides is 2. The Bertz CT molecular complexity index is 2030. The summed E-state index contributed by atoms with van der Waals surface area (Å²) in [5.74, 6) is -8.18. The molecule has 0 aromatic carbocycles. The Labute approximate surface area is 296 Å². The fraction of sp³-hybridized carbons (Fsp3) is 0.400. The van der Waals surface area contributed by atoms with Crippen molar-refractivity contribution in [2.75, 3.05) is 18.0 Å². The SMILES string of the molecule is C[C@@H](O)Cn1c(-c2cc(=O)c(O)c[nH]2)nn(S(=O)(=O)CC(=O)N2C[C@H](CC(=O)/C(=N\OC(C)(C)C(=O)[O-])c3csc(N)n3)C2=O)c1=O.[Na+]. The number of nitrogens with two attached hydrogens (primary N) is 1. The molecule has 20 nitrogen and oxygen atoms in total. The summed E-state index contributed by atoms with van der Waals surface area (Å²) in [6, 6.07) is 0.841. The molecule has 5 N–H and O–H groups in total. The number of nitrogen functional groups attached to an aromatic ring is 1. The van der Waals surface area contributed by atoms with E-state index in [1.165, 1.54) is 12.3 Å². The van der Waals surface area contributed by atoms with Crippen molar-refractivity contribution in [3.8, 4) is 17.3 Å². The number of carboxylic acid groups (broad SMARTS) is 1. The number of oxime groups is 1. The van der Waals surface area contributed by atoms with Crippen LogP contribution in [0.15, 0.2) is 32.4 Å². The Morgan fingerprint density at radius 3 is 2.50 bits per heavy atom. The van der Waals surface area contributed by atoms with Crippen LogP contribution >= 0.6 is 11.3 Å². The van der Waals surface area contributed by atoms with Gasteiger partial charge in [0.15, 0.2) is 39.6 Å². The standard InChI is InChI=1S/C25H28N8O12S2.Na/c1-11(34)7-32-20(13-5-15(35)17(37)6-27-13)29-33(24(32)42)47(43,44)10-18(38)31-8-12(21(31)39)4-16(36)19(14-9-46-23(26)28-14)30-45-25(2,3)22(40)41;/h5-6,9,11-12,34,37H,4,7-8,10H2,1-3H3,(H2,26,28)(H,27,35)(H,40,41);/q;+1/p-1/b30-19-;/t11-,12+;/m1./s1. The average molecular weight is 719 g/mol. The van der Waals surface area contributed by atoms with E-state index < -0.39 is 98.3 Å². The summed E-state index contributed by atoms with van der Waals surface area (Å²) in [6.45, 7) is 2.69. The number of carbonyl (C=O) groups excluding carboxylic acids is 4. The topological polar surface area (TPSA) is 302 Å². The molecule has 0 unspecified atom stereocenters. The normalized spacial score (nSPS) is 15.8. The zero-order valence-corrected chi connectivity index (χ0v) is 29.4. The first kappa shape index (κ1) is 38.2. The number of aliphatic hydroxyl groups excluding tert-OH is 1. The predicted molar refractivity (Wildman–Crippen MR) is 158 cm³/mol. The Kier molecular flexibility index (Phi) is 11.5. The number of rotatable bonds is 13. The third kappa shape index (κ3) is 8.07. The van der Waals surface area contributed by atoms with Crippen LogP contribution in [0.1, 0.15) is 32.9 Å². The number of carbonyl (C=O) groups is 4. The minimum absolute atomic E-state index is 0. The molecule has 1 fully saturated rings. The summed E-state index contributed by atoms with van der Waals surface area (Å²) in [7, 11) is -4.88. The Hall–Kier alpha value is -4.22. The number of anilines is 1. The van der Waals surface area contributed by atoms with Crippen molar-refractivity contribution in [2.24, 2.45) is 11.1 Å². The first-order chi connectivity index (χ1) is 21.8. The van der Waals surface area contributed by atoms with Gasteiger partial charge in [-0.15, -0.1) is 20.5 Å². The molecule has 1 aliphatic rings. The van der Waals surface area contributed by atoms with Crippen LogP contribution in [0.4, 0.5) is 5.13 Å². The molecule has 0 bridgehead atoms. The fourth-order valence-electron chi connectivity index (χ4n) is 4.10. The van der Waals surface area contributed by atoms with Crippen molar-refractivity contribution in [1.82, 2.24) is 28.6 Å². The second-order valence-corrected chi connectivity index (χ2v) is 13.5. The van der Waals surface area contributed by atoms with E-state index in [0.717, 1.165) is 42.0 Å². The molecule has 0 saturated carbocycles. The first-order valence-electron chi connectivity index (χ1n) is 13.4. The maximum atomic E-state index is 13.1. The van der Waals surface area contributed by atoms with Crippen molar-refractivity contribution in [3.63, 3.8) is 0 Å². The molecule has 4 rings (SSSR count). The number of H-pyrrole nitrogens is 1. The molecule has 252 valence electrons. The predicted octanol–water partition coefficient (Wildman–Crippen LogP) is -6.40. The number of aromatic nitrogens is 5. The second kappa shape index (κ2) is 14.5. The largest absolute Gasteiger partial charge is 1.00 e. The Balaban J connectivity index is 0.00000625. The van der Waals surface area contributed by atoms with Gasteiger partial charge in [0.2, 0.25) is 17.2 Å². The van der Waals surface area contributed by atoms with Gasteiger partial charge in [0.05, 0.1) is 30.2 Å². The maximum absolute atomic E-state index is 13.1. The summed E-state index contributed by atoms with van der Waals surface area (Å²) in [4.78, 5) is 86.9. The zero-order valence-electron chi connectivity index (χ0n) is 25.8. The number of aliphatic carboxylic acids is 1. The molecular weight excluding hydrogens is 691 g/mol. The number of hydrogen-bond acceptors (Lipinski definition) is 17. The number of pyridine rings is 1. The number of imide groups is 1. The number of ketones is 1. The van der Waals surface area contributed by atoms with Gasteiger partial charge in [0.1, 0.15) is 5.69 Å². The molecule has 2 atom stereocenters. The van der Waals surface area contributed by atoms with Crippen LogP contribution in [0.2, 0.25) is 0 Å². The van der Waals surface area contributed by atoms with Crippen molar-refractivity contribution in [2.45, 2.75) is 45.4 Å². The molecule has 0 spiro atoms. The number of aliphatic hydroxyl groups is 1. The molecule has 1 aliphatic heterocycles. The number of Topliss-reactive ketones (excluding diaryl/α,β-unsaturated/α-hetero) is 1. The Morgan fingerprint density at radius 2 is 1.96 bits per heavy atom. The number of aromatic hydroxyl groups is 1. The van der Waals surface area contributed by atoms with Gasteiger partial charge in [0, 0.05) is 30.6 Å². The number of β-lactam (4-membered cyclic amide) rings is 1. The molecule has 0 radical (unpaired) electrons. The zero-order chi connectivity index (χ0) is 35.0. The Morgan fingerprint density at radius 1 is 1.29 bits per heavy atom. The van der Waals surface area contributed by atoms with Gasteiger partial charge in [-0.3, -0.25) is 28.6 Å². The number of nitrogens with zero attached hydrogens (tertiary/aromatic N) is 6. The maximum Gasteiger partial charge on any atom is 1.00 e. The second-order valence-electron chi connectivity index (χ2n) is 10.8. The average Bonchev–Trinajstić information content (AvgIpc) is 3.54. The molecule has 2 amide bonds. The monoisotopic (exact) mass is 718 g/mol. The minimum Gasteiger partial charge on any atom is -0.546 e. The van der Waals surface area contributed by atoms with E-state index in [9.17, 15) is 52.5 Å². The van der Waals surface area contributed by atoms with Crippen LogP contribution in [0, 0.1) is 5.92 Å². The van der Waals surface area contributed by atoms with Gasteiger partial charge in [-0.05, 0) is 20.8 Å². The molecule has 3 aromatic heterocycles. The van der Waals surface area contributed by atoms with Crippen molar-refractivity contribution in [1.29, 1.82) is 0 Å². The van der Waals surface area contributed by atoms with Crippen LogP contribution < -0.4 is 51.5 Å². The third-order valence-corrected chi connectivity index (χ3v) is 8.67. The molecular formula is C25H27N8NaO12S2. The molecule has 1 saturated heterocycles. The number of carboxylic acids is 1. The summed E-state index contributed by atoms with van der Waals surface area (Å²) in [6.07, 6.45) is -0.843. The number of hydrogen-bond donors (Lipinski definition) is 4. The summed E-state index contributed by atoms with van der Waals surface area (Å²) in [5, 5.41) is 39.4. The molecule has 48 heavy (non-hydrogen) atoms. The quantitative estimate of drug-likeness (QED) is 0.0553. The van der Waals surface area contributed by atoms with Crippen molar-refractivity contribution < 1.29 is 77.3 Å². The molecule has 4 heterocycles. The van der Waals surface area contributed by atoms with Gasteiger partial charge >= 0.3 is 35.2 Å². The van der Waals surface area contributed by atoms with E-state index in [-0.39, 0.29) is 56.7 Å². The van der Waals surface area contributed by atoms with E-state index in [1.807, 2.05) is 0 Å². The fourth-order valence-corrected chi connectivity index (χ4v) is 5.78. The number of aromatic amines is 1. The van der Waals surface area contributed by atoms with E-state index >= 15 is 0 Å². The van der Waals surface area contributed by atoms with Crippen LogP contribution in [-0.4, -0.2) is 101 Å². The van der Waals surface area contributed by atoms with E-state index in [0.29, 0.717) is 4.90 Å². The van der Waals surface area contributed by atoms with Gasteiger partial charge in [-0.25, -0.2) is 18.2 Å². The third-order valence-electron chi connectivity index (χ3n) is 6.62. The molecule has 0 aliphatic carbocycles. The van der Waals surface area contributed by atoms with Crippen molar-refractivity contribution >= 4 is 55.8 Å². The van der Waals surface area contributed by atoms with E-state index in [2.05, 4.69) is 20.2 Å². The van der Waals surface area contributed by atoms with Gasteiger partial charge in [-0.1, -0.05) is 5.16 Å². The van der Waals surface area contributed by atoms with Crippen LogP contribution in [0.5, 0.6) is 5.75 Å². The van der Waals surface area contributed by atoms with Crippen LogP contribution in [-0.2, 0) is 40.6 Å². The van der Waals surface area contributed by atoms with Crippen molar-refractivity contribution in [3.05, 3.63) is 44.0 Å². The minimum atomic E-state index is -4.88. The number of thiazole rings is 1. The summed E-state index contributed by atoms with van der Waals surface area (Å²) < 4.78 is 27.0. The first-order valence-corrected chi connectivity index (χ1v) is 15.9. The van der Waals surface area contributed by atoms with Crippen LogP contribution in [0.3, 0.4) is 0 Å². The van der Waals surface area contributed by atoms with E-state index in [4.69, 9.17) is 10.6 Å².